The first-order valence-electron chi connectivity index (χ1n) is 11.9. The van der Waals surface area contributed by atoms with Crippen molar-refractivity contribution in [2.24, 2.45) is 0 Å². The first-order chi connectivity index (χ1) is 16.5. The van der Waals surface area contributed by atoms with Crippen molar-refractivity contribution >= 4 is 28.1 Å². The second kappa shape index (κ2) is 10.4. The van der Waals surface area contributed by atoms with Gasteiger partial charge >= 0.3 is 0 Å². The summed E-state index contributed by atoms with van der Waals surface area (Å²) in [4.78, 5) is 19.7. The summed E-state index contributed by atoms with van der Waals surface area (Å²) in [5, 5.41) is 8.29. The minimum atomic E-state index is -0.0845. The van der Waals surface area contributed by atoms with Crippen LogP contribution in [0, 0.1) is 13.8 Å². The van der Waals surface area contributed by atoms with E-state index in [1.807, 2.05) is 29.1 Å². The first kappa shape index (κ1) is 24.0. The quantitative estimate of drug-likeness (QED) is 0.495. The molecule has 3 aromatic rings. The molecule has 0 bridgehead atoms. The molecule has 2 aromatic carbocycles. The first-order valence-corrected chi connectivity index (χ1v) is 12.7. The Bertz CT molecular complexity index is 1160. The largest absolute Gasteiger partial charge is 0.331 e. The fraction of sp³-hybridized carbons (Fsp3) is 0.333. The van der Waals surface area contributed by atoms with Gasteiger partial charge in [0.15, 0.2) is 5.13 Å². The van der Waals surface area contributed by atoms with Crippen molar-refractivity contribution in [2.45, 2.75) is 53.2 Å². The van der Waals surface area contributed by atoms with E-state index in [0.717, 1.165) is 27.6 Å². The molecule has 34 heavy (non-hydrogen) atoms. The maximum absolute atomic E-state index is 13.3. The number of nitrogens with one attached hydrogen (secondary N) is 2. The minimum Gasteiger partial charge on any atom is -0.331 e. The number of carbonyl (C=O) groups is 1. The fourth-order valence-corrected chi connectivity index (χ4v) is 4.88. The highest BCUT2D eigenvalue weighted by Crippen LogP contribution is 2.35. The number of hydrogen-bond donors (Lipinski definition) is 2. The monoisotopic (exact) mass is 475 g/mol. The van der Waals surface area contributed by atoms with Gasteiger partial charge in [-0.2, -0.15) is 0 Å². The molecule has 0 spiro atoms. The van der Waals surface area contributed by atoms with Crippen LogP contribution in [0.5, 0.6) is 0 Å². The average molecular weight is 476 g/mol. The molecule has 5 rings (SSSR count). The van der Waals surface area contributed by atoms with Gasteiger partial charge in [-0.05, 0) is 49.6 Å². The van der Waals surface area contributed by atoms with Crippen LogP contribution in [0.4, 0.5) is 10.8 Å². The highest BCUT2D eigenvalue weighted by Gasteiger charge is 2.39. The van der Waals surface area contributed by atoms with Gasteiger partial charge in [-0.1, -0.05) is 55.8 Å². The third kappa shape index (κ3) is 5.00. The summed E-state index contributed by atoms with van der Waals surface area (Å²) in [6, 6.07) is 14.9. The van der Waals surface area contributed by atoms with E-state index in [1.165, 1.54) is 11.1 Å². The molecule has 2 unspecified atom stereocenters. The van der Waals surface area contributed by atoms with Gasteiger partial charge in [-0.3, -0.25) is 9.80 Å². The summed E-state index contributed by atoms with van der Waals surface area (Å²) in [5.74, 6) is 0.0696. The normalized spacial score (nSPS) is 19.3. The molecule has 2 N–H and O–H groups in total. The van der Waals surface area contributed by atoms with E-state index in [-0.39, 0.29) is 18.0 Å². The van der Waals surface area contributed by atoms with Crippen LogP contribution in [0.2, 0.25) is 0 Å². The predicted molar refractivity (Wildman–Crippen MR) is 140 cm³/mol. The Balaban J connectivity index is 0.00000133. The number of aryl methyl sites for hydroxylation is 2. The topological polar surface area (TPSA) is 60.5 Å². The molecule has 7 heteroatoms. The molecule has 1 aromatic heterocycles. The number of amides is 1. The summed E-state index contributed by atoms with van der Waals surface area (Å²) in [6.45, 7) is 11.6. The van der Waals surface area contributed by atoms with Crippen LogP contribution >= 0.6 is 11.3 Å². The standard InChI is InChI=1S/C25H27N5OS.C2H6/c1-16-4-7-19(8-5-16)15-29-14-18(3)30-23(24(29)31)13-22(28-30)20-9-6-17(2)12-21(20)27-25-26-10-11-32-25;1-2/h4-13,18,22,28H,14-15H2,1-3H3,(H,26,27);1-2H3. The number of piperazine rings is 1. The van der Waals surface area contributed by atoms with Crippen LogP contribution in [0.15, 0.2) is 65.8 Å². The lowest BCUT2D eigenvalue weighted by atomic mass is 10.0. The second-order valence-electron chi connectivity index (χ2n) is 8.60. The van der Waals surface area contributed by atoms with Crippen molar-refractivity contribution in [3.05, 3.63) is 88.1 Å². The van der Waals surface area contributed by atoms with Crippen LogP contribution in [-0.2, 0) is 11.3 Å². The summed E-state index contributed by atoms with van der Waals surface area (Å²) in [7, 11) is 0. The number of hydrazine groups is 1. The van der Waals surface area contributed by atoms with Gasteiger partial charge < -0.3 is 10.2 Å². The molecule has 1 amide bonds. The molecule has 2 aliphatic heterocycles. The Morgan fingerprint density at radius 1 is 1.12 bits per heavy atom. The summed E-state index contributed by atoms with van der Waals surface area (Å²) < 4.78 is 0. The molecule has 6 nitrogen and oxygen atoms in total. The molecule has 0 saturated carbocycles. The van der Waals surface area contributed by atoms with E-state index in [4.69, 9.17) is 0 Å². The third-order valence-corrected chi connectivity index (χ3v) is 6.69. The van der Waals surface area contributed by atoms with E-state index in [2.05, 4.69) is 85.0 Å². The van der Waals surface area contributed by atoms with Gasteiger partial charge in [0, 0.05) is 30.4 Å². The van der Waals surface area contributed by atoms with Crippen LogP contribution < -0.4 is 10.7 Å². The van der Waals surface area contributed by atoms with Gasteiger partial charge in [-0.25, -0.2) is 10.4 Å². The van der Waals surface area contributed by atoms with Gasteiger partial charge in [-0.15, -0.1) is 11.3 Å². The van der Waals surface area contributed by atoms with Crippen molar-refractivity contribution in [1.82, 2.24) is 20.3 Å². The number of anilines is 2. The summed E-state index contributed by atoms with van der Waals surface area (Å²) in [5.41, 5.74) is 9.93. The highest BCUT2D eigenvalue weighted by atomic mass is 32.1. The Kier molecular flexibility index (Phi) is 7.34. The molecule has 2 aliphatic rings. The van der Waals surface area contributed by atoms with Gasteiger partial charge in [0.05, 0.1) is 12.1 Å². The summed E-state index contributed by atoms with van der Waals surface area (Å²) in [6.07, 6.45) is 3.85. The molecule has 178 valence electrons. The smallest absolute Gasteiger partial charge is 0.271 e. The lowest BCUT2D eigenvalue weighted by Gasteiger charge is -2.40. The van der Waals surface area contributed by atoms with Crippen molar-refractivity contribution in [3.8, 4) is 0 Å². The Labute approximate surface area is 206 Å². The fourth-order valence-electron chi connectivity index (χ4n) is 4.34. The Morgan fingerprint density at radius 2 is 1.85 bits per heavy atom. The van der Waals surface area contributed by atoms with Crippen LogP contribution in [0.1, 0.15) is 49.1 Å². The van der Waals surface area contributed by atoms with E-state index < -0.39 is 0 Å². The number of thiazole rings is 1. The minimum absolute atomic E-state index is 0.0696. The van der Waals surface area contributed by atoms with E-state index in [1.54, 1.807) is 17.5 Å². The van der Waals surface area contributed by atoms with E-state index in [9.17, 15) is 4.79 Å². The lowest BCUT2D eigenvalue weighted by molar-refractivity contribution is -0.134. The third-order valence-electron chi connectivity index (χ3n) is 6.01. The Morgan fingerprint density at radius 3 is 2.56 bits per heavy atom. The maximum atomic E-state index is 13.3. The van der Waals surface area contributed by atoms with Crippen molar-refractivity contribution < 1.29 is 4.79 Å². The van der Waals surface area contributed by atoms with Crippen LogP contribution in [0.25, 0.3) is 0 Å². The molecule has 0 aliphatic carbocycles. The SMILES string of the molecule is CC.Cc1ccc(CN2CC(C)N3NC(c4ccc(C)cc4Nc4nccs4)C=C3C2=O)cc1. The molecule has 1 saturated heterocycles. The molecule has 2 atom stereocenters. The molecule has 3 heterocycles. The number of nitrogens with zero attached hydrogens (tertiary/aromatic N) is 3. The Hall–Kier alpha value is -3.16. The number of rotatable bonds is 5. The maximum Gasteiger partial charge on any atom is 0.271 e. The molecular formula is C27H33N5OS. The zero-order valence-electron chi connectivity index (χ0n) is 20.5. The number of benzene rings is 2. The number of carbonyl (C=O) groups excluding carboxylic acids is 1. The molecule has 0 radical (unpaired) electrons. The van der Waals surface area contributed by atoms with Crippen LogP contribution in [-0.4, -0.2) is 33.4 Å². The number of hydrogen-bond acceptors (Lipinski definition) is 6. The predicted octanol–water partition coefficient (Wildman–Crippen LogP) is 5.71. The highest BCUT2D eigenvalue weighted by molar-refractivity contribution is 7.13. The number of fused-ring (bicyclic) bond motifs is 1. The molecule has 1 fully saturated rings. The van der Waals surface area contributed by atoms with Gasteiger partial charge in [0.1, 0.15) is 5.70 Å². The van der Waals surface area contributed by atoms with Crippen molar-refractivity contribution in [2.75, 3.05) is 11.9 Å². The van der Waals surface area contributed by atoms with Crippen molar-refractivity contribution in [3.63, 3.8) is 0 Å². The molecular weight excluding hydrogens is 442 g/mol. The lowest BCUT2D eigenvalue weighted by Crippen LogP contribution is -2.55. The number of aromatic nitrogens is 1. The second-order valence-corrected chi connectivity index (χ2v) is 9.50. The summed E-state index contributed by atoms with van der Waals surface area (Å²) >= 11 is 1.57. The van der Waals surface area contributed by atoms with Crippen molar-refractivity contribution in [1.29, 1.82) is 0 Å². The van der Waals surface area contributed by atoms with E-state index in [0.29, 0.717) is 13.1 Å². The van der Waals surface area contributed by atoms with Crippen LogP contribution in [0.3, 0.4) is 0 Å². The van der Waals surface area contributed by atoms with Gasteiger partial charge in [0.25, 0.3) is 5.91 Å². The zero-order chi connectivity index (χ0) is 24.2. The van der Waals surface area contributed by atoms with Gasteiger partial charge in [0.2, 0.25) is 0 Å². The average Bonchev–Trinajstić information content (AvgIpc) is 3.51. The zero-order valence-corrected chi connectivity index (χ0v) is 21.3. The van der Waals surface area contributed by atoms with E-state index >= 15 is 0 Å².